The molecule has 2 aromatic carbocycles. The second-order valence-corrected chi connectivity index (χ2v) is 12.5. The maximum atomic E-state index is 14.0. The van der Waals surface area contributed by atoms with Crippen molar-refractivity contribution in [1.29, 1.82) is 0 Å². The Morgan fingerprint density at radius 2 is 1.79 bits per heavy atom. The van der Waals surface area contributed by atoms with Crippen molar-refractivity contribution in [2.75, 3.05) is 26.2 Å². The molecule has 2 atom stereocenters. The van der Waals surface area contributed by atoms with E-state index in [9.17, 15) is 19.5 Å². The van der Waals surface area contributed by atoms with E-state index in [4.69, 9.17) is 0 Å². The maximum absolute atomic E-state index is 14.0. The van der Waals surface area contributed by atoms with Gasteiger partial charge in [-0.25, -0.2) is 4.98 Å². The Labute approximate surface area is 252 Å². The van der Waals surface area contributed by atoms with Crippen LogP contribution in [-0.4, -0.2) is 72.6 Å². The van der Waals surface area contributed by atoms with Crippen LogP contribution >= 0.6 is 15.9 Å². The van der Waals surface area contributed by atoms with E-state index in [-0.39, 0.29) is 35.8 Å². The van der Waals surface area contributed by atoms with Gasteiger partial charge in [0.2, 0.25) is 5.91 Å². The number of benzene rings is 2. The number of fused-ring (bicyclic) bond motifs is 1. The summed E-state index contributed by atoms with van der Waals surface area (Å²) in [5.74, 6) is -0.376. The number of aryl methyl sites for hydroxylation is 1. The highest BCUT2D eigenvalue weighted by Gasteiger charge is 2.41. The molecule has 2 aromatic heterocycles. The SMILES string of the molecule is Cn1ccc2c(=O)n(CC3(O)CCN(C(=O)C4CCN(C(=O)c5cccc(Br)c5)CC4c4ccccc4)CC3)cnc21. The number of likely N-dealkylation sites (tertiary alicyclic amines) is 2. The number of carbonyl (C=O) groups is 2. The third kappa shape index (κ3) is 5.53. The van der Waals surface area contributed by atoms with E-state index in [1.165, 1.54) is 10.9 Å². The van der Waals surface area contributed by atoms with Crippen molar-refractivity contribution in [3.05, 3.63) is 99.1 Å². The number of aliphatic hydroxyl groups is 1. The number of rotatable bonds is 5. The number of hydrogen-bond acceptors (Lipinski definition) is 5. The highest BCUT2D eigenvalue weighted by atomic mass is 79.9. The molecule has 2 aliphatic heterocycles. The lowest BCUT2D eigenvalue weighted by Gasteiger charge is -2.43. The Kier molecular flexibility index (Phi) is 7.76. The summed E-state index contributed by atoms with van der Waals surface area (Å²) in [6.07, 6.45) is 4.60. The minimum absolute atomic E-state index is 0.0374. The van der Waals surface area contributed by atoms with Gasteiger partial charge in [0.15, 0.2) is 0 Å². The average molecular weight is 633 g/mol. The summed E-state index contributed by atoms with van der Waals surface area (Å²) < 4.78 is 4.12. The van der Waals surface area contributed by atoms with E-state index < -0.39 is 5.60 Å². The first-order valence-electron chi connectivity index (χ1n) is 14.3. The summed E-state index contributed by atoms with van der Waals surface area (Å²) in [7, 11) is 1.84. The molecule has 0 radical (unpaired) electrons. The second kappa shape index (κ2) is 11.5. The largest absolute Gasteiger partial charge is 0.388 e. The van der Waals surface area contributed by atoms with Crippen molar-refractivity contribution in [2.24, 2.45) is 13.0 Å². The molecule has 1 N–H and O–H groups in total. The molecule has 4 heterocycles. The lowest BCUT2D eigenvalue weighted by molar-refractivity contribution is -0.142. The molecule has 0 spiro atoms. The smallest absolute Gasteiger partial charge is 0.262 e. The van der Waals surface area contributed by atoms with Crippen molar-refractivity contribution in [1.82, 2.24) is 23.9 Å². The van der Waals surface area contributed by atoms with Crippen LogP contribution in [0.2, 0.25) is 0 Å². The molecule has 4 aromatic rings. The predicted octanol–water partition coefficient (Wildman–Crippen LogP) is 3.80. The van der Waals surface area contributed by atoms with Crippen LogP contribution in [0.25, 0.3) is 11.0 Å². The molecule has 0 aliphatic carbocycles. The average Bonchev–Trinajstić information content (AvgIpc) is 3.39. The van der Waals surface area contributed by atoms with Crippen LogP contribution in [0.3, 0.4) is 0 Å². The van der Waals surface area contributed by atoms with Gasteiger partial charge in [0.05, 0.1) is 17.5 Å². The first-order chi connectivity index (χ1) is 20.2. The van der Waals surface area contributed by atoms with Crippen LogP contribution in [0, 0.1) is 5.92 Å². The number of hydrogen-bond donors (Lipinski definition) is 1. The molecule has 0 bridgehead atoms. The van der Waals surface area contributed by atoms with E-state index in [0.29, 0.717) is 62.0 Å². The molecule has 6 rings (SSSR count). The van der Waals surface area contributed by atoms with Crippen LogP contribution in [0.4, 0.5) is 0 Å². The van der Waals surface area contributed by atoms with Gasteiger partial charge >= 0.3 is 0 Å². The third-order valence-corrected chi connectivity index (χ3v) is 9.33. The third-order valence-electron chi connectivity index (χ3n) is 8.84. The molecule has 2 unspecified atom stereocenters. The summed E-state index contributed by atoms with van der Waals surface area (Å²) in [6.45, 7) is 1.91. The van der Waals surface area contributed by atoms with Crippen LogP contribution in [0.15, 0.2) is 82.5 Å². The van der Waals surface area contributed by atoms with Gasteiger partial charge in [-0.05, 0) is 49.1 Å². The van der Waals surface area contributed by atoms with Gasteiger partial charge in [0.1, 0.15) is 12.0 Å². The van der Waals surface area contributed by atoms with Crippen molar-refractivity contribution in [2.45, 2.75) is 37.3 Å². The minimum atomic E-state index is -1.11. The molecular formula is C32H34BrN5O4. The van der Waals surface area contributed by atoms with Crippen molar-refractivity contribution >= 4 is 38.8 Å². The number of halogens is 1. The standard InChI is InChI=1S/C32H34BrN5O4/c1-35-14-10-26-28(35)34-21-38(31(26)41)20-32(42)12-16-36(17-13-32)30(40)25-11-15-37(19-27(25)22-6-3-2-4-7-22)29(39)23-8-5-9-24(33)18-23/h2-10,14,18,21,25,27,42H,11-13,15-17,19-20H2,1H3. The highest BCUT2D eigenvalue weighted by molar-refractivity contribution is 9.10. The zero-order valence-corrected chi connectivity index (χ0v) is 25.1. The summed E-state index contributed by atoms with van der Waals surface area (Å²) in [5.41, 5.74) is 0.989. The topological polar surface area (TPSA) is 101 Å². The number of aromatic nitrogens is 3. The maximum Gasteiger partial charge on any atom is 0.262 e. The Bertz CT molecular complexity index is 1680. The van der Waals surface area contributed by atoms with Gasteiger partial charge in [-0.1, -0.05) is 52.3 Å². The fourth-order valence-corrected chi connectivity index (χ4v) is 6.82. The van der Waals surface area contributed by atoms with Crippen molar-refractivity contribution in [3.63, 3.8) is 0 Å². The van der Waals surface area contributed by atoms with Crippen LogP contribution in [-0.2, 0) is 18.4 Å². The number of piperidine rings is 2. The van der Waals surface area contributed by atoms with E-state index in [1.807, 2.05) is 71.4 Å². The normalized spacial score (nSPS) is 20.5. The minimum Gasteiger partial charge on any atom is -0.388 e. The fraction of sp³-hybridized carbons (Fsp3) is 0.375. The van der Waals surface area contributed by atoms with Gasteiger partial charge in [-0.2, -0.15) is 0 Å². The van der Waals surface area contributed by atoms with Crippen LogP contribution in [0.5, 0.6) is 0 Å². The highest BCUT2D eigenvalue weighted by Crippen LogP contribution is 2.36. The van der Waals surface area contributed by atoms with Crippen LogP contribution in [0.1, 0.15) is 41.1 Å². The molecule has 2 amide bonds. The predicted molar refractivity (Wildman–Crippen MR) is 163 cm³/mol. The number of carbonyl (C=O) groups excluding carboxylic acids is 2. The summed E-state index contributed by atoms with van der Waals surface area (Å²) in [5, 5.41) is 11.9. The first-order valence-corrected chi connectivity index (χ1v) is 15.1. The quantitative estimate of drug-likeness (QED) is 0.361. The first kappa shape index (κ1) is 28.4. The van der Waals surface area contributed by atoms with E-state index in [2.05, 4.69) is 20.9 Å². The Balaban J connectivity index is 1.15. The molecule has 218 valence electrons. The van der Waals surface area contributed by atoms with Crippen LogP contribution < -0.4 is 5.56 Å². The van der Waals surface area contributed by atoms with Crippen molar-refractivity contribution in [3.8, 4) is 0 Å². The fourth-order valence-electron chi connectivity index (χ4n) is 6.42. The van der Waals surface area contributed by atoms with E-state index in [0.717, 1.165) is 10.0 Å². The van der Waals surface area contributed by atoms with Gasteiger partial charge in [0.25, 0.3) is 11.5 Å². The number of amides is 2. The molecule has 42 heavy (non-hydrogen) atoms. The lowest BCUT2D eigenvalue weighted by Crippen LogP contribution is -2.53. The van der Waals surface area contributed by atoms with Crippen molar-refractivity contribution < 1.29 is 14.7 Å². The summed E-state index contributed by atoms with van der Waals surface area (Å²) >= 11 is 3.46. The Morgan fingerprint density at radius 1 is 1.02 bits per heavy atom. The van der Waals surface area contributed by atoms with Gasteiger partial charge in [-0.15, -0.1) is 0 Å². The molecule has 2 fully saturated rings. The molecule has 10 heteroatoms. The van der Waals surface area contributed by atoms with Gasteiger partial charge < -0.3 is 19.5 Å². The molecular weight excluding hydrogens is 598 g/mol. The molecule has 2 aliphatic rings. The second-order valence-electron chi connectivity index (χ2n) is 11.6. The number of nitrogens with zero attached hydrogens (tertiary/aromatic N) is 5. The zero-order chi connectivity index (χ0) is 29.4. The van der Waals surface area contributed by atoms with Gasteiger partial charge in [-0.3, -0.25) is 19.0 Å². The summed E-state index contributed by atoms with van der Waals surface area (Å²) in [6, 6.07) is 19.1. The summed E-state index contributed by atoms with van der Waals surface area (Å²) in [4.78, 5) is 48.4. The molecule has 2 saturated heterocycles. The zero-order valence-electron chi connectivity index (χ0n) is 23.5. The molecule has 0 saturated carbocycles. The Morgan fingerprint density at radius 3 is 2.52 bits per heavy atom. The van der Waals surface area contributed by atoms with E-state index in [1.54, 1.807) is 16.8 Å². The molecule has 9 nitrogen and oxygen atoms in total. The lowest BCUT2D eigenvalue weighted by atomic mass is 9.79. The Hall–Kier alpha value is -3.76. The monoisotopic (exact) mass is 631 g/mol. The van der Waals surface area contributed by atoms with E-state index >= 15 is 0 Å². The van der Waals surface area contributed by atoms with Gasteiger partial charge in [0, 0.05) is 61.3 Å².